The topological polar surface area (TPSA) is 94.2 Å². The predicted octanol–water partition coefficient (Wildman–Crippen LogP) is 7.28. The maximum absolute atomic E-state index is 13.5. The summed E-state index contributed by atoms with van der Waals surface area (Å²) in [5.41, 5.74) is 2.68. The summed E-state index contributed by atoms with van der Waals surface area (Å²) in [6.45, 7) is 0.697. The number of carbonyl (C=O) groups excluding carboxylic acids is 3. The second kappa shape index (κ2) is 13.2. The minimum absolute atomic E-state index is 0.193. The molecular weight excluding hydrogens is 683 g/mol. The van der Waals surface area contributed by atoms with Crippen LogP contribution in [0.1, 0.15) is 16.7 Å². The highest BCUT2D eigenvalue weighted by atomic mass is 127. The maximum Gasteiger partial charge on any atom is 0.335 e. The third-order valence-corrected chi connectivity index (χ3v) is 8.06. The lowest BCUT2D eigenvalue weighted by molar-refractivity contribution is -0.122. The maximum atomic E-state index is 13.5. The number of amides is 4. The van der Waals surface area contributed by atoms with Crippen LogP contribution in [-0.2, 0) is 22.8 Å². The van der Waals surface area contributed by atoms with Crippen molar-refractivity contribution in [3.63, 3.8) is 0 Å². The first-order valence-electron chi connectivity index (χ1n) is 14.1. The lowest BCUT2D eigenvalue weighted by Gasteiger charge is -2.26. The third-order valence-electron chi connectivity index (χ3n) is 7.26. The van der Waals surface area contributed by atoms with Crippen molar-refractivity contribution in [1.82, 2.24) is 5.32 Å². The molecule has 1 heterocycles. The van der Waals surface area contributed by atoms with Crippen molar-refractivity contribution in [2.24, 2.45) is 0 Å². The van der Waals surface area contributed by atoms with Gasteiger partial charge in [0.1, 0.15) is 24.5 Å². The third kappa shape index (κ3) is 6.53. The Morgan fingerprint density at radius 2 is 1.53 bits per heavy atom. The fraction of sp³-hybridized carbons (Fsp3) is 0.0833. The lowest BCUT2D eigenvalue weighted by atomic mass is 10.1. The number of barbiturate groups is 1. The first-order valence-corrected chi connectivity index (χ1v) is 15.1. The van der Waals surface area contributed by atoms with Gasteiger partial charge in [-0.1, -0.05) is 72.8 Å². The number of methoxy groups -OCH3 is 1. The second-order valence-electron chi connectivity index (χ2n) is 10.2. The van der Waals surface area contributed by atoms with E-state index in [0.29, 0.717) is 41.7 Å². The van der Waals surface area contributed by atoms with E-state index in [9.17, 15) is 14.4 Å². The Labute approximate surface area is 273 Å². The molecule has 4 amide bonds. The Hall–Kier alpha value is -5.16. The number of carbonyl (C=O) groups is 3. The van der Waals surface area contributed by atoms with E-state index < -0.39 is 17.8 Å². The number of rotatable bonds is 9. The quantitative estimate of drug-likeness (QED) is 0.0983. The molecule has 1 N–H and O–H groups in total. The number of imide groups is 2. The first kappa shape index (κ1) is 29.9. The zero-order chi connectivity index (χ0) is 31.3. The van der Waals surface area contributed by atoms with E-state index in [2.05, 4.69) is 46.1 Å². The fourth-order valence-corrected chi connectivity index (χ4v) is 5.80. The molecule has 5 aromatic carbocycles. The number of benzene rings is 5. The Kier molecular flexibility index (Phi) is 8.79. The minimum atomic E-state index is -0.829. The van der Waals surface area contributed by atoms with E-state index in [1.807, 2.05) is 54.6 Å². The molecule has 0 bridgehead atoms. The number of nitrogens with zero attached hydrogens (tertiary/aromatic N) is 1. The van der Waals surface area contributed by atoms with Crippen molar-refractivity contribution in [3.05, 3.63) is 135 Å². The number of nitrogens with one attached hydrogen (secondary N) is 1. The molecule has 5 aromatic rings. The number of hydrogen-bond donors (Lipinski definition) is 1. The second-order valence-corrected chi connectivity index (χ2v) is 11.3. The van der Waals surface area contributed by atoms with Crippen LogP contribution in [0.25, 0.3) is 16.8 Å². The zero-order valence-electron chi connectivity index (χ0n) is 24.2. The van der Waals surface area contributed by atoms with Gasteiger partial charge in [-0.05, 0) is 92.5 Å². The van der Waals surface area contributed by atoms with Gasteiger partial charge in [0, 0.05) is 0 Å². The molecule has 0 aromatic heterocycles. The Balaban J connectivity index is 1.21. The van der Waals surface area contributed by atoms with Crippen LogP contribution in [0.2, 0.25) is 0 Å². The molecular formula is C36H27IN2O6. The van der Waals surface area contributed by atoms with Crippen molar-refractivity contribution in [1.29, 1.82) is 0 Å². The summed E-state index contributed by atoms with van der Waals surface area (Å²) in [5.74, 6) is 0.0284. The number of ether oxygens (including phenoxy) is 3. The van der Waals surface area contributed by atoms with Gasteiger partial charge < -0.3 is 14.2 Å². The smallest absolute Gasteiger partial charge is 0.335 e. The van der Waals surface area contributed by atoms with Gasteiger partial charge in [-0.25, -0.2) is 9.69 Å². The van der Waals surface area contributed by atoms with Crippen LogP contribution >= 0.6 is 22.6 Å². The molecule has 1 aliphatic heterocycles. The van der Waals surface area contributed by atoms with Crippen LogP contribution in [0.4, 0.5) is 10.5 Å². The zero-order valence-corrected chi connectivity index (χ0v) is 26.3. The molecule has 1 fully saturated rings. The van der Waals surface area contributed by atoms with Crippen molar-refractivity contribution in [3.8, 4) is 17.2 Å². The van der Waals surface area contributed by atoms with Gasteiger partial charge in [0.05, 0.1) is 16.4 Å². The van der Waals surface area contributed by atoms with Crippen molar-refractivity contribution in [2.75, 3.05) is 12.0 Å². The Bertz CT molecular complexity index is 1930. The van der Waals surface area contributed by atoms with Crippen molar-refractivity contribution in [2.45, 2.75) is 13.2 Å². The molecule has 0 radical (unpaired) electrons. The number of halogens is 1. The van der Waals surface area contributed by atoms with Crippen molar-refractivity contribution >= 4 is 63.0 Å². The highest BCUT2D eigenvalue weighted by molar-refractivity contribution is 14.1. The highest BCUT2D eigenvalue weighted by Crippen LogP contribution is 2.36. The molecule has 1 aliphatic rings. The van der Waals surface area contributed by atoms with Crippen LogP contribution in [0.15, 0.2) is 115 Å². The molecule has 0 saturated carbocycles. The van der Waals surface area contributed by atoms with Gasteiger partial charge in [0.2, 0.25) is 0 Å². The minimum Gasteiger partial charge on any atom is -0.493 e. The van der Waals surface area contributed by atoms with Crippen LogP contribution < -0.4 is 24.4 Å². The molecule has 8 nitrogen and oxygen atoms in total. The van der Waals surface area contributed by atoms with E-state index in [-0.39, 0.29) is 5.57 Å². The SMILES string of the molecule is COc1cc(/C=C2\C(=O)NC(=O)N(c3ccc(OCc4ccccc4)cc3)C2=O)cc(I)c1OCc1cccc2ccccc12. The molecule has 6 rings (SSSR count). The number of urea groups is 1. The van der Waals surface area contributed by atoms with Crippen molar-refractivity contribution < 1.29 is 28.6 Å². The monoisotopic (exact) mass is 710 g/mol. The highest BCUT2D eigenvalue weighted by Gasteiger charge is 2.37. The molecule has 1 saturated heterocycles. The summed E-state index contributed by atoms with van der Waals surface area (Å²) in [7, 11) is 1.53. The van der Waals surface area contributed by atoms with E-state index in [0.717, 1.165) is 30.4 Å². The summed E-state index contributed by atoms with van der Waals surface area (Å²) in [6.07, 6.45) is 1.44. The summed E-state index contributed by atoms with van der Waals surface area (Å²) in [6, 6.07) is 33.1. The first-order chi connectivity index (χ1) is 21.9. The van der Waals surface area contributed by atoms with Crippen LogP contribution in [0, 0.1) is 3.57 Å². The molecule has 0 atom stereocenters. The Morgan fingerprint density at radius 3 is 2.31 bits per heavy atom. The van der Waals surface area contributed by atoms with Gasteiger partial charge in [-0.15, -0.1) is 0 Å². The van der Waals surface area contributed by atoms with E-state index in [1.165, 1.54) is 13.2 Å². The van der Waals surface area contributed by atoms with Crippen LogP contribution in [-0.4, -0.2) is 25.0 Å². The average molecular weight is 711 g/mol. The molecule has 224 valence electrons. The standard InChI is InChI=1S/C36H27IN2O6/c1-43-32-20-24(19-31(37)33(32)45-22-26-12-7-11-25-10-5-6-13-29(25)26)18-30-34(40)38-36(42)39(35(30)41)27-14-16-28(17-15-27)44-21-23-8-3-2-4-9-23/h2-20H,21-22H2,1H3,(H,38,40,42)/b30-18+. The molecule has 0 unspecified atom stereocenters. The van der Waals surface area contributed by atoms with Gasteiger partial charge >= 0.3 is 6.03 Å². The molecule has 9 heteroatoms. The van der Waals surface area contributed by atoms with E-state index >= 15 is 0 Å². The van der Waals surface area contributed by atoms with Crippen LogP contribution in [0.5, 0.6) is 17.2 Å². The lowest BCUT2D eigenvalue weighted by Crippen LogP contribution is -2.54. The summed E-state index contributed by atoms with van der Waals surface area (Å²) < 4.78 is 18.4. The average Bonchev–Trinajstić information content (AvgIpc) is 3.06. The Morgan fingerprint density at radius 1 is 0.800 bits per heavy atom. The largest absolute Gasteiger partial charge is 0.493 e. The molecule has 0 aliphatic carbocycles. The predicted molar refractivity (Wildman–Crippen MR) is 180 cm³/mol. The van der Waals surface area contributed by atoms with Gasteiger partial charge in [-0.3, -0.25) is 14.9 Å². The van der Waals surface area contributed by atoms with Crippen LogP contribution in [0.3, 0.4) is 0 Å². The fourth-order valence-electron chi connectivity index (χ4n) is 5.02. The normalized spacial score (nSPS) is 14.0. The number of fused-ring (bicyclic) bond motifs is 1. The summed E-state index contributed by atoms with van der Waals surface area (Å²) in [5, 5.41) is 4.49. The summed E-state index contributed by atoms with van der Waals surface area (Å²) >= 11 is 2.13. The number of hydrogen-bond acceptors (Lipinski definition) is 6. The van der Waals surface area contributed by atoms with Gasteiger partial charge in [0.15, 0.2) is 11.5 Å². The van der Waals surface area contributed by atoms with Gasteiger partial charge in [0.25, 0.3) is 11.8 Å². The molecule has 0 spiro atoms. The van der Waals surface area contributed by atoms with E-state index in [1.54, 1.807) is 36.4 Å². The number of anilines is 1. The van der Waals surface area contributed by atoms with E-state index in [4.69, 9.17) is 14.2 Å². The summed E-state index contributed by atoms with van der Waals surface area (Å²) in [4.78, 5) is 40.0. The van der Waals surface area contributed by atoms with Gasteiger partial charge in [-0.2, -0.15) is 0 Å². The molecule has 45 heavy (non-hydrogen) atoms.